The average Bonchev–Trinajstić information content (AvgIpc) is 2.39. The normalized spacial score (nSPS) is 10.4. The van der Waals surface area contributed by atoms with Crippen LogP contribution in [-0.2, 0) is 6.42 Å². The van der Waals surface area contributed by atoms with Gasteiger partial charge in [-0.2, -0.15) is 0 Å². The molecule has 0 radical (unpaired) electrons. The van der Waals surface area contributed by atoms with Gasteiger partial charge in [-0.05, 0) is 28.4 Å². The maximum atomic E-state index is 4.57. The van der Waals surface area contributed by atoms with Crippen molar-refractivity contribution in [1.29, 1.82) is 0 Å². The van der Waals surface area contributed by atoms with Crippen molar-refractivity contribution in [3.8, 4) is 11.4 Å². The largest absolute Gasteiger partial charge is 0.373 e. The molecule has 2 heterocycles. The third-order valence-corrected chi connectivity index (χ3v) is 2.94. The summed E-state index contributed by atoms with van der Waals surface area (Å²) >= 11 is 3.41. The molecule has 0 aliphatic rings. The van der Waals surface area contributed by atoms with E-state index in [1.54, 1.807) is 12.4 Å². The molecule has 94 valence electrons. The number of pyridine rings is 1. The van der Waals surface area contributed by atoms with Crippen LogP contribution < -0.4 is 5.32 Å². The van der Waals surface area contributed by atoms with E-state index in [1.807, 2.05) is 19.2 Å². The maximum Gasteiger partial charge on any atom is 0.163 e. The number of hydrogen-bond donors (Lipinski definition) is 1. The highest BCUT2D eigenvalue weighted by atomic mass is 79.9. The minimum absolute atomic E-state index is 0.708. The minimum atomic E-state index is 0.708. The summed E-state index contributed by atoms with van der Waals surface area (Å²) < 4.78 is 0.926. The monoisotopic (exact) mass is 306 g/mol. The summed E-state index contributed by atoms with van der Waals surface area (Å²) in [5.41, 5.74) is 1.96. The first kappa shape index (κ1) is 13.0. The van der Waals surface area contributed by atoms with Gasteiger partial charge in [0.05, 0.1) is 0 Å². The van der Waals surface area contributed by atoms with Crippen LogP contribution in [-0.4, -0.2) is 22.0 Å². The summed E-state index contributed by atoms with van der Waals surface area (Å²) in [5, 5.41) is 3.07. The van der Waals surface area contributed by atoms with Gasteiger partial charge in [0.1, 0.15) is 5.82 Å². The summed E-state index contributed by atoms with van der Waals surface area (Å²) in [6.07, 6.45) is 5.54. The first-order valence-electron chi connectivity index (χ1n) is 5.89. The molecule has 0 atom stereocenters. The molecule has 2 rings (SSSR count). The summed E-state index contributed by atoms with van der Waals surface area (Å²) in [6, 6.07) is 3.95. The summed E-state index contributed by atoms with van der Waals surface area (Å²) in [5.74, 6) is 1.54. The van der Waals surface area contributed by atoms with Crippen LogP contribution in [0.5, 0.6) is 0 Å². The molecule has 0 amide bonds. The zero-order chi connectivity index (χ0) is 13.0. The van der Waals surface area contributed by atoms with Crippen molar-refractivity contribution in [3.63, 3.8) is 0 Å². The van der Waals surface area contributed by atoms with E-state index in [1.165, 1.54) is 0 Å². The van der Waals surface area contributed by atoms with Crippen LogP contribution in [0.4, 0.5) is 5.82 Å². The Morgan fingerprint density at radius 1 is 1.22 bits per heavy atom. The van der Waals surface area contributed by atoms with Gasteiger partial charge in [0.25, 0.3) is 0 Å². The highest BCUT2D eigenvalue weighted by molar-refractivity contribution is 9.10. The lowest BCUT2D eigenvalue weighted by Crippen LogP contribution is -2.01. The van der Waals surface area contributed by atoms with E-state index >= 15 is 0 Å². The van der Waals surface area contributed by atoms with Gasteiger partial charge < -0.3 is 5.32 Å². The summed E-state index contributed by atoms with van der Waals surface area (Å²) in [6.45, 7) is 2.14. The molecule has 2 aromatic heterocycles. The van der Waals surface area contributed by atoms with E-state index in [2.05, 4.69) is 43.1 Å². The molecule has 0 unspecified atom stereocenters. The predicted molar refractivity (Wildman–Crippen MR) is 76.5 cm³/mol. The molecule has 0 spiro atoms. The Hall–Kier alpha value is -1.49. The fourth-order valence-corrected chi connectivity index (χ4v) is 2.04. The summed E-state index contributed by atoms with van der Waals surface area (Å²) in [4.78, 5) is 13.2. The van der Waals surface area contributed by atoms with Crippen molar-refractivity contribution in [2.75, 3.05) is 12.4 Å². The quantitative estimate of drug-likeness (QED) is 0.941. The number of halogens is 1. The predicted octanol–water partition coefficient (Wildman–Crippen LogP) is 3.30. The number of hydrogen-bond acceptors (Lipinski definition) is 4. The van der Waals surface area contributed by atoms with Crippen molar-refractivity contribution in [2.24, 2.45) is 0 Å². The van der Waals surface area contributed by atoms with E-state index in [-0.39, 0.29) is 0 Å². The van der Waals surface area contributed by atoms with Crippen LogP contribution in [0.1, 0.15) is 19.0 Å². The van der Waals surface area contributed by atoms with Gasteiger partial charge in [-0.15, -0.1) is 0 Å². The molecule has 5 heteroatoms. The Morgan fingerprint density at radius 3 is 2.72 bits per heavy atom. The third-order valence-electron chi connectivity index (χ3n) is 2.50. The molecule has 18 heavy (non-hydrogen) atoms. The molecule has 1 N–H and O–H groups in total. The molecule has 0 saturated heterocycles. The Bertz CT molecular complexity index is 542. The number of aryl methyl sites for hydroxylation is 1. The van der Waals surface area contributed by atoms with Crippen molar-refractivity contribution in [3.05, 3.63) is 34.7 Å². The molecule has 0 aromatic carbocycles. The van der Waals surface area contributed by atoms with Crippen LogP contribution in [0.2, 0.25) is 0 Å². The molecule has 0 bridgehead atoms. The number of nitrogens with one attached hydrogen (secondary N) is 1. The zero-order valence-electron chi connectivity index (χ0n) is 10.4. The van der Waals surface area contributed by atoms with Crippen molar-refractivity contribution < 1.29 is 0 Å². The Morgan fingerprint density at radius 2 is 2.06 bits per heavy atom. The molecule has 0 saturated carbocycles. The highest BCUT2D eigenvalue weighted by Crippen LogP contribution is 2.20. The molecular formula is C13H15BrN4. The van der Waals surface area contributed by atoms with Gasteiger partial charge in [-0.1, -0.05) is 13.3 Å². The Kier molecular flexibility index (Phi) is 4.25. The lowest BCUT2D eigenvalue weighted by molar-refractivity contribution is 0.876. The number of anilines is 1. The first-order chi connectivity index (χ1) is 8.72. The number of rotatable bonds is 4. The highest BCUT2D eigenvalue weighted by Gasteiger charge is 2.06. The van der Waals surface area contributed by atoms with Gasteiger partial charge in [0.2, 0.25) is 0 Å². The van der Waals surface area contributed by atoms with Crippen molar-refractivity contribution >= 4 is 21.7 Å². The number of aromatic nitrogens is 3. The standard InChI is InChI=1S/C13H15BrN4/c1-3-4-11-6-12(15-2)18-13(17-11)9-5-10(14)8-16-7-9/h5-8H,3-4H2,1-2H3,(H,15,17,18). The van der Waals surface area contributed by atoms with Crippen LogP contribution in [0.25, 0.3) is 11.4 Å². The fourth-order valence-electron chi connectivity index (χ4n) is 1.67. The second-order valence-corrected chi connectivity index (χ2v) is 4.88. The number of nitrogens with zero attached hydrogens (tertiary/aromatic N) is 3. The van der Waals surface area contributed by atoms with E-state index in [9.17, 15) is 0 Å². The van der Waals surface area contributed by atoms with Gasteiger partial charge in [0.15, 0.2) is 5.82 Å². The molecule has 0 aliphatic carbocycles. The Labute approximate surface area is 115 Å². The molecular weight excluding hydrogens is 292 g/mol. The third kappa shape index (κ3) is 3.04. The average molecular weight is 307 g/mol. The molecule has 2 aromatic rings. The SMILES string of the molecule is CCCc1cc(NC)nc(-c2cncc(Br)c2)n1. The first-order valence-corrected chi connectivity index (χ1v) is 6.69. The molecule has 4 nitrogen and oxygen atoms in total. The van der Waals surface area contributed by atoms with E-state index in [4.69, 9.17) is 0 Å². The maximum absolute atomic E-state index is 4.57. The molecule has 0 fully saturated rings. The Balaban J connectivity index is 2.46. The van der Waals surface area contributed by atoms with Crippen LogP contribution in [0, 0.1) is 0 Å². The fraction of sp³-hybridized carbons (Fsp3) is 0.308. The molecule has 0 aliphatic heterocycles. The van der Waals surface area contributed by atoms with Crippen molar-refractivity contribution in [1.82, 2.24) is 15.0 Å². The smallest absolute Gasteiger partial charge is 0.163 e. The summed E-state index contributed by atoms with van der Waals surface area (Å²) in [7, 11) is 1.86. The van der Waals surface area contributed by atoms with Crippen LogP contribution in [0.15, 0.2) is 29.0 Å². The zero-order valence-corrected chi connectivity index (χ0v) is 12.0. The topological polar surface area (TPSA) is 50.7 Å². The van der Waals surface area contributed by atoms with Crippen LogP contribution in [0.3, 0.4) is 0 Å². The van der Waals surface area contributed by atoms with Gasteiger partial charge in [0, 0.05) is 41.2 Å². The van der Waals surface area contributed by atoms with Gasteiger partial charge in [-0.25, -0.2) is 9.97 Å². The van der Waals surface area contributed by atoms with Crippen LogP contribution >= 0.6 is 15.9 Å². The van der Waals surface area contributed by atoms with Crippen molar-refractivity contribution in [2.45, 2.75) is 19.8 Å². The second-order valence-electron chi connectivity index (χ2n) is 3.96. The lowest BCUT2D eigenvalue weighted by Gasteiger charge is -2.07. The van der Waals surface area contributed by atoms with Gasteiger partial charge in [-0.3, -0.25) is 4.98 Å². The van der Waals surface area contributed by atoms with E-state index < -0.39 is 0 Å². The minimum Gasteiger partial charge on any atom is -0.373 e. The van der Waals surface area contributed by atoms with Gasteiger partial charge >= 0.3 is 0 Å². The lowest BCUT2D eigenvalue weighted by atomic mass is 10.2. The van der Waals surface area contributed by atoms with E-state index in [0.29, 0.717) is 5.82 Å². The van der Waals surface area contributed by atoms with E-state index in [0.717, 1.165) is 34.4 Å². The second kappa shape index (κ2) is 5.91.